The van der Waals surface area contributed by atoms with E-state index in [1.54, 1.807) is 0 Å². The summed E-state index contributed by atoms with van der Waals surface area (Å²) in [6.07, 6.45) is 0.711. The third-order valence-electron chi connectivity index (χ3n) is 1.51. The van der Waals surface area contributed by atoms with Crippen molar-refractivity contribution in [2.45, 2.75) is 19.0 Å². The number of alkyl halides is 1. The van der Waals surface area contributed by atoms with Gasteiger partial charge in [-0.15, -0.1) is 0 Å². The van der Waals surface area contributed by atoms with Crippen molar-refractivity contribution in [3.63, 3.8) is 0 Å². The Kier molecular flexibility index (Phi) is 2.03. The number of rotatable bonds is 4. The monoisotopic (exact) mass is 132 g/mol. The van der Waals surface area contributed by atoms with Gasteiger partial charge in [-0.05, 0) is 18.8 Å². The number of carbonyl (C=O) groups excluding carboxylic acids is 1. The Morgan fingerprint density at radius 2 is 2.44 bits per heavy atom. The Labute approximate surface area is 53.0 Å². The van der Waals surface area contributed by atoms with Crippen LogP contribution in [0.25, 0.3) is 0 Å². The van der Waals surface area contributed by atoms with Crippen molar-refractivity contribution >= 4 is 6.47 Å². The molecule has 0 aliphatic heterocycles. The second-order valence-electron chi connectivity index (χ2n) is 2.27. The fourth-order valence-corrected chi connectivity index (χ4v) is 0.777. The summed E-state index contributed by atoms with van der Waals surface area (Å²) in [6, 6.07) is 0. The average molecular weight is 132 g/mol. The molecule has 0 spiro atoms. The molecule has 0 aromatic rings. The number of hydrogen-bond donors (Lipinski definition) is 0. The minimum Gasteiger partial charge on any atom is -0.468 e. The summed E-state index contributed by atoms with van der Waals surface area (Å²) in [4.78, 5) is 9.57. The highest BCUT2D eigenvalue weighted by Crippen LogP contribution is 2.36. The molecule has 1 rings (SSSR count). The van der Waals surface area contributed by atoms with E-state index < -0.39 is 6.17 Å². The van der Waals surface area contributed by atoms with Gasteiger partial charge in [0.05, 0.1) is 6.61 Å². The smallest absolute Gasteiger partial charge is 0.293 e. The van der Waals surface area contributed by atoms with Gasteiger partial charge in [0.15, 0.2) is 0 Å². The van der Waals surface area contributed by atoms with E-state index in [4.69, 9.17) is 0 Å². The summed E-state index contributed by atoms with van der Waals surface area (Å²) in [5.41, 5.74) is 0. The molecule has 1 fully saturated rings. The van der Waals surface area contributed by atoms with Crippen molar-refractivity contribution in [2.75, 3.05) is 6.61 Å². The second-order valence-corrected chi connectivity index (χ2v) is 2.27. The molecule has 0 amide bonds. The Hall–Kier alpha value is -0.600. The van der Waals surface area contributed by atoms with Crippen LogP contribution in [0.2, 0.25) is 0 Å². The maximum Gasteiger partial charge on any atom is 0.293 e. The van der Waals surface area contributed by atoms with Crippen molar-refractivity contribution in [1.82, 2.24) is 0 Å². The molecule has 0 N–H and O–H groups in total. The molecular formula is C6H9FO2. The molecule has 0 saturated heterocycles. The summed E-state index contributed by atoms with van der Waals surface area (Å²) >= 11 is 0. The quantitative estimate of drug-likeness (QED) is 0.419. The zero-order chi connectivity index (χ0) is 6.69. The standard InChI is InChI=1S/C6H9FO2/c7-6-3-5(6)1-2-9-4-8/h4-6H,1-3H2. The molecule has 0 bridgehead atoms. The first-order valence-electron chi connectivity index (χ1n) is 3.04. The van der Waals surface area contributed by atoms with Crippen molar-refractivity contribution in [3.8, 4) is 0 Å². The molecule has 0 aromatic carbocycles. The molecule has 52 valence electrons. The van der Waals surface area contributed by atoms with Gasteiger partial charge in [0.1, 0.15) is 6.17 Å². The number of halogens is 1. The first-order valence-corrected chi connectivity index (χ1v) is 3.04. The van der Waals surface area contributed by atoms with Gasteiger partial charge in [0.2, 0.25) is 0 Å². The zero-order valence-corrected chi connectivity index (χ0v) is 5.05. The molecule has 0 radical (unpaired) electrons. The Bertz CT molecular complexity index is 105. The first kappa shape index (κ1) is 6.52. The molecule has 3 heteroatoms. The molecule has 2 unspecified atom stereocenters. The van der Waals surface area contributed by atoms with Gasteiger partial charge in [-0.1, -0.05) is 0 Å². The molecule has 0 aromatic heterocycles. The van der Waals surface area contributed by atoms with E-state index >= 15 is 0 Å². The molecule has 9 heavy (non-hydrogen) atoms. The summed E-state index contributed by atoms with van der Waals surface area (Å²) < 4.78 is 16.4. The summed E-state index contributed by atoms with van der Waals surface area (Å²) in [6.45, 7) is 0.768. The topological polar surface area (TPSA) is 26.3 Å². The van der Waals surface area contributed by atoms with Crippen LogP contribution in [0.3, 0.4) is 0 Å². The summed E-state index contributed by atoms with van der Waals surface area (Å²) in [5, 5.41) is 0. The van der Waals surface area contributed by atoms with E-state index in [1.807, 2.05) is 0 Å². The lowest BCUT2D eigenvalue weighted by atomic mass is 10.3. The van der Waals surface area contributed by atoms with Gasteiger partial charge in [0, 0.05) is 0 Å². The summed E-state index contributed by atoms with van der Waals surface area (Å²) in [7, 11) is 0. The van der Waals surface area contributed by atoms with Gasteiger partial charge >= 0.3 is 0 Å². The average Bonchev–Trinajstić information content (AvgIpc) is 2.48. The fraction of sp³-hybridized carbons (Fsp3) is 0.833. The van der Waals surface area contributed by atoms with E-state index in [1.165, 1.54) is 0 Å². The van der Waals surface area contributed by atoms with Crippen LogP contribution in [0.4, 0.5) is 4.39 Å². The van der Waals surface area contributed by atoms with E-state index in [0.717, 1.165) is 0 Å². The van der Waals surface area contributed by atoms with Crippen LogP contribution in [0, 0.1) is 5.92 Å². The second kappa shape index (κ2) is 2.80. The van der Waals surface area contributed by atoms with E-state index in [2.05, 4.69) is 4.74 Å². The first-order chi connectivity index (χ1) is 4.34. The van der Waals surface area contributed by atoms with Crippen LogP contribution in [0.5, 0.6) is 0 Å². The maximum absolute atomic E-state index is 12.1. The molecule has 1 aliphatic rings. The van der Waals surface area contributed by atoms with E-state index in [9.17, 15) is 9.18 Å². The largest absolute Gasteiger partial charge is 0.468 e. The molecule has 0 heterocycles. The lowest BCUT2D eigenvalue weighted by molar-refractivity contribution is -0.128. The summed E-state index contributed by atoms with van der Waals surface area (Å²) in [5.74, 6) is 0.171. The Balaban J connectivity index is 1.88. The number of hydrogen-bond acceptors (Lipinski definition) is 2. The predicted octanol–water partition coefficient (Wildman–Crippen LogP) is 0.908. The van der Waals surface area contributed by atoms with Crippen molar-refractivity contribution < 1.29 is 13.9 Å². The van der Waals surface area contributed by atoms with Crippen molar-refractivity contribution in [3.05, 3.63) is 0 Å². The minimum absolute atomic E-state index is 0.171. The highest BCUT2D eigenvalue weighted by molar-refractivity contribution is 5.36. The fourth-order valence-electron chi connectivity index (χ4n) is 0.777. The third kappa shape index (κ3) is 2.00. The lowest BCUT2D eigenvalue weighted by Gasteiger charge is -1.93. The molecular weight excluding hydrogens is 123 g/mol. The van der Waals surface area contributed by atoms with Gasteiger partial charge in [-0.3, -0.25) is 4.79 Å². The van der Waals surface area contributed by atoms with Crippen molar-refractivity contribution in [1.29, 1.82) is 0 Å². The van der Waals surface area contributed by atoms with E-state index in [-0.39, 0.29) is 5.92 Å². The number of carbonyl (C=O) groups is 1. The zero-order valence-electron chi connectivity index (χ0n) is 5.05. The van der Waals surface area contributed by atoms with Crippen LogP contribution in [-0.4, -0.2) is 19.3 Å². The van der Waals surface area contributed by atoms with Gasteiger partial charge in [-0.25, -0.2) is 4.39 Å². The highest BCUT2D eigenvalue weighted by atomic mass is 19.1. The predicted molar refractivity (Wildman–Crippen MR) is 29.6 cm³/mol. The van der Waals surface area contributed by atoms with Crippen LogP contribution in [0.1, 0.15) is 12.8 Å². The molecule has 2 nitrogen and oxygen atoms in total. The Morgan fingerprint density at radius 1 is 1.78 bits per heavy atom. The van der Waals surface area contributed by atoms with E-state index in [0.29, 0.717) is 25.9 Å². The van der Waals surface area contributed by atoms with Crippen LogP contribution in [0.15, 0.2) is 0 Å². The molecule has 1 saturated carbocycles. The minimum atomic E-state index is -0.625. The van der Waals surface area contributed by atoms with Crippen LogP contribution < -0.4 is 0 Å². The normalized spacial score (nSPS) is 31.7. The molecule has 2 atom stereocenters. The van der Waals surface area contributed by atoms with Gasteiger partial charge in [0.25, 0.3) is 6.47 Å². The van der Waals surface area contributed by atoms with Crippen LogP contribution >= 0.6 is 0 Å². The maximum atomic E-state index is 12.1. The Morgan fingerprint density at radius 3 is 2.89 bits per heavy atom. The van der Waals surface area contributed by atoms with Gasteiger partial charge in [-0.2, -0.15) is 0 Å². The molecule has 1 aliphatic carbocycles. The van der Waals surface area contributed by atoms with Crippen molar-refractivity contribution in [2.24, 2.45) is 5.92 Å². The van der Waals surface area contributed by atoms with Crippen LogP contribution in [-0.2, 0) is 9.53 Å². The SMILES string of the molecule is O=COCCC1CC1F. The third-order valence-corrected chi connectivity index (χ3v) is 1.51. The highest BCUT2D eigenvalue weighted by Gasteiger charge is 2.36. The number of ether oxygens (including phenoxy) is 1. The lowest BCUT2D eigenvalue weighted by Crippen LogP contribution is -1.93. The van der Waals surface area contributed by atoms with Gasteiger partial charge < -0.3 is 4.74 Å².